The first-order valence-corrected chi connectivity index (χ1v) is 10.8. The Morgan fingerprint density at radius 3 is 2.26 bits per heavy atom. The molecule has 0 bridgehead atoms. The molecule has 4 heteroatoms. The van der Waals surface area contributed by atoms with E-state index in [9.17, 15) is 0 Å². The highest BCUT2D eigenvalue weighted by Crippen LogP contribution is 2.38. The molecule has 0 aliphatic carbocycles. The van der Waals surface area contributed by atoms with Gasteiger partial charge in [0.2, 0.25) is 0 Å². The van der Waals surface area contributed by atoms with Crippen molar-refractivity contribution in [1.82, 2.24) is 9.55 Å². The van der Waals surface area contributed by atoms with Crippen LogP contribution in [0.5, 0.6) is 0 Å². The number of nitrogens with zero attached hydrogens (tertiary/aromatic N) is 2. The third-order valence-electron chi connectivity index (χ3n) is 5.67. The maximum absolute atomic E-state index is 6.97. The van der Waals surface area contributed by atoms with E-state index < -0.39 is 0 Å². The highest BCUT2D eigenvalue weighted by atomic mass is 35.5. The monoisotopic (exact) mass is 427 g/mol. The average Bonchev–Trinajstić information content (AvgIpc) is 3.22. The first-order valence-electron chi connectivity index (χ1n) is 10.4. The number of anilines is 1. The van der Waals surface area contributed by atoms with Crippen LogP contribution in [0.1, 0.15) is 47.2 Å². The average molecular weight is 428 g/mol. The Balaban J connectivity index is 1.88. The summed E-state index contributed by atoms with van der Waals surface area (Å²) >= 11 is 6.97. The van der Waals surface area contributed by atoms with Gasteiger partial charge in [-0.3, -0.25) is 0 Å². The van der Waals surface area contributed by atoms with Gasteiger partial charge in [-0.1, -0.05) is 85.3 Å². The zero-order chi connectivity index (χ0) is 21.8. The molecule has 4 rings (SSSR count). The summed E-state index contributed by atoms with van der Waals surface area (Å²) in [5.74, 6) is 0.0271. The van der Waals surface area contributed by atoms with E-state index in [0.717, 1.165) is 34.4 Å². The summed E-state index contributed by atoms with van der Waals surface area (Å²) in [7, 11) is 2.02. The van der Waals surface area contributed by atoms with E-state index in [-0.39, 0.29) is 5.92 Å². The molecule has 156 valence electrons. The lowest BCUT2D eigenvalue weighted by Crippen LogP contribution is -2.09. The summed E-state index contributed by atoms with van der Waals surface area (Å²) in [6, 6.07) is 26.9. The van der Waals surface area contributed by atoms with Gasteiger partial charge in [0.25, 0.3) is 0 Å². The van der Waals surface area contributed by atoms with Crippen molar-refractivity contribution in [2.75, 3.05) is 5.73 Å². The fraction of sp³-hybridized carbons (Fsp3) is 0.148. The Morgan fingerprint density at radius 2 is 1.65 bits per heavy atom. The van der Waals surface area contributed by atoms with E-state index in [4.69, 9.17) is 17.3 Å². The summed E-state index contributed by atoms with van der Waals surface area (Å²) in [4.78, 5) is 4.35. The van der Waals surface area contributed by atoms with Gasteiger partial charge in [-0.25, -0.2) is 4.98 Å². The minimum atomic E-state index is 0.0271. The van der Waals surface area contributed by atoms with Gasteiger partial charge < -0.3 is 10.3 Å². The van der Waals surface area contributed by atoms with Crippen molar-refractivity contribution in [3.8, 4) is 0 Å². The van der Waals surface area contributed by atoms with E-state index in [1.165, 1.54) is 5.56 Å². The zero-order valence-corrected chi connectivity index (χ0v) is 18.6. The number of imidazole rings is 1. The number of nitrogen functional groups attached to an aromatic ring is 1. The van der Waals surface area contributed by atoms with Crippen molar-refractivity contribution in [3.05, 3.63) is 119 Å². The number of aryl methyl sites for hydroxylation is 1. The SMILES string of the molecule is CC/C(=C(/Cl)c1cc(C(c2ccccc2)c2cncn2C)ccc1N)c1ccccc1. The molecule has 0 aliphatic rings. The Bertz CT molecular complexity index is 1190. The summed E-state index contributed by atoms with van der Waals surface area (Å²) in [5.41, 5.74) is 13.6. The molecule has 31 heavy (non-hydrogen) atoms. The molecular formula is C27H26ClN3. The van der Waals surface area contributed by atoms with Crippen LogP contribution in [0.3, 0.4) is 0 Å². The number of nitrogens with two attached hydrogens (primary N) is 1. The van der Waals surface area contributed by atoms with Crippen molar-refractivity contribution >= 4 is 27.9 Å². The second kappa shape index (κ2) is 9.23. The van der Waals surface area contributed by atoms with Crippen LogP contribution in [0.2, 0.25) is 0 Å². The number of aromatic nitrogens is 2. The first-order chi connectivity index (χ1) is 15.1. The molecule has 0 fully saturated rings. The Kier molecular flexibility index (Phi) is 6.24. The summed E-state index contributed by atoms with van der Waals surface area (Å²) < 4.78 is 2.06. The van der Waals surface area contributed by atoms with Crippen molar-refractivity contribution < 1.29 is 0 Å². The van der Waals surface area contributed by atoms with Crippen LogP contribution < -0.4 is 5.73 Å². The number of halogens is 1. The zero-order valence-electron chi connectivity index (χ0n) is 17.8. The molecule has 1 heterocycles. The number of benzene rings is 3. The Hall–Kier alpha value is -3.30. The van der Waals surface area contributed by atoms with Crippen LogP contribution in [0.4, 0.5) is 5.69 Å². The van der Waals surface area contributed by atoms with Gasteiger partial charge in [-0.2, -0.15) is 0 Å². The number of rotatable bonds is 6. The second-order valence-corrected chi connectivity index (χ2v) is 8.01. The van der Waals surface area contributed by atoms with Gasteiger partial charge in [0.05, 0.1) is 17.3 Å². The standard InChI is InChI=1S/C27H26ClN3/c1-3-22(19-10-6-4-7-11-19)27(28)23-16-21(14-15-24(23)29)26(20-12-8-5-9-13-20)25-17-30-18-31(25)2/h4-18,26H,3,29H2,1-2H3/b27-22-. The minimum Gasteiger partial charge on any atom is -0.398 e. The molecule has 2 N–H and O–H groups in total. The lowest BCUT2D eigenvalue weighted by atomic mass is 9.87. The summed E-state index contributed by atoms with van der Waals surface area (Å²) in [6.07, 6.45) is 4.57. The predicted octanol–water partition coefficient (Wildman–Crippen LogP) is 6.70. The molecule has 4 aromatic rings. The van der Waals surface area contributed by atoms with Gasteiger partial charge in [-0.05, 0) is 40.8 Å². The van der Waals surface area contributed by atoms with E-state index in [1.807, 2.05) is 49.9 Å². The fourth-order valence-corrected chi connectivity index (χ4v) is 4.46. The maximum Gasteiger partial charge on any atom is 0.0945 e. The van der Waals surface area contributed by atoms with E-state index in [0.29, 0.717) is 10.7 Å². The number of hydrogen-bond acceptors (Lipinski definition) is 2. The van der Waals surface area contributed by atoms with Crippen molar-refractivity contribution in [2.45, 2.75) is 19.3 Å². The van der Waals surface area contributed by atoms with Gasteiger partial charge in [0.15, 0.2) is 0 Å². The molecule has 3 aromatic carbocycles. The summed E-state index contributed by atoms with van der Waals surface area (Å²) in [6.45, 7) is 2.12. The largest absolute Gasteiger partial charge is 0.398 e. The fourth-order valence-electron chi connectivity index (χ4n) is 4.06. The van der Waals surface area contributed by atoms with Gasteiger partial charge in [0, 0.05) is 30.2 Å². The van der Waals surface area contributed by atoms with Crippen LogP contribution in [0, 0.1) is 0 Å². The molecule has 1 aromatic heterocycles. The van der Waals surface area contributed by atoms with Crippen molar-refractivity contribution in [3.63, 3.8) is 0 Å². The highest BCUT2D eigenvalue weighted by molar-refractivity contribution is 6.53. The minimum absolute atomic E-state index is 0.0271. The quantitative estimate of drug-likeness (QED) is 0.275. The van der Waals surface area contributed by atoms with E-state index in [2.05, 4.69) is 65.0 Å². The van der Waals surface area contributed by atoms with Gasteiger partial charge in [0.1, 0.15) is 0 Å². The molecule has 0 radical (unpaired) electrons. The van der Waals surface area contributed by atoms with Crippen molar-refractivity contribution in [1.29, 1.82) is 0 Å². The van der Waals surface area contributed by atoms with Gasteiger partial charge in [-0.15, -0.1) is 0 Å². The molecule has 1 unspecified atom stereocenters. The number of allylic oxidation sites excluding steroid dienone is 1. The normalized spacial score (nSPS) is 13.0. The Labute approximate surface area is 188 Å². The molecule has 0 saturated carbocycles. The third-order valence-corrected chi connectivity index (χ3v) is 6.10. The van der Waals surface area contributed by atoms with Gasteiger partial charge >= 0.3 is 0 Å². The summed E-state index contributed by atoms with van der Waals surface area (Å²) in [5, 5.41) is 0.699. The van der Waals surface area contributed by atoms with E-state index in [1.54, 1.807) is 0 Å². The van der Waals surface area contributed by atoms with Crippen LogP contribution >= 0.6 is 11.6 Å². The lowest BCUT2D eigenvalue weighted by molar-refractivity contribution is 0.792. The van der Waals surface area contributed by atoms with Crippen LogP contribution in [-0.2, 0) is 7.05 Å². The molecule has 1 atom stereocenters. The molecule has 3 nitrogen and oxygen atoms in total. The van der Waals surface area contributed by atoms with E-state index >= 15 is 0 Å². The third kappa shape index (κ3) is 4.28. The smallest absolute Gasteiger partial charge is 0.0945 e. The molecule has 0 spiro atoms. The molecule has 0 amide bonds. The predicted molar refractivity (Wildman–Crippen MR) is 131 cm³/mol. The molecular weight excluding hydrogens is 402 g/mol. The molecule has 0 saturated heterocycles. The topological polar surface area (TPSA) is 43.8 Å². The number of hydrogen-bond donors (Lipinski definition) is 1. The van der Waals surface area contributed by atoms with Crippen LogP contribution in [0.25, 0.3) is 10.6 Å². The van der Waals surface area contributed by atoms with Crippen LogP contribution in [-0.4, -0.2) is 9.55 Å². The van der Waals surface area contributed by atoms with Crippen molar-refractivity contribution in [2.24, 2.45) is 7.05 Å². The highest BCUT2D eigenvalue weighted by Gasteiger charge is 2.21. The molecule has 0 aliphatic heterocycles. The second-order valence-electron chi connectivity index (χ2n) is 7.63. The maximum atomic E-state index is 6.97. The first kappa shape index (κ1) is 21.0. The van der Waals surface area contributed by atoms with Crippen LogP contribution in [0.15, 0.2) is 91.4 Å². The Morgan fingerprint density at radius 1 is 0.968 bits per heavy atom. The lowest BCUT2D eigenvalue weighted by Gasteiger charge is -2.21.